The summed E-state index contributed by atoms with van der Waals surface area (Å²) in [5.41, 5.74) is 11.0. The van der Waals surface area contributed by atoms with Crippen LogP contribution in [0.25, 0.3) is 0 Å². The summed E-state index contributed by atoms with van der Waals surface area (Å²) in [6, 6.07) is -3.52. The van der Waals surface area contributed by atoms with Gasteiger partial charge in [-0.05, 0) is 70.8 Å². The summed E-state index contributed by atoms with van der Waals surface area (Å²) >= 11 is 0. The van der Waals surface area contributed by atoms with Gasteiger partial charge in [-0.1, -0.05) is 46.5 Å². The Morgan fingerprint density at radius 1 is 0.750 bits per heavy atom. The van der Waals surface area contributed by atoms with Gasteiger partial charge in [-0.25, -0.2) is 0 Å². The van der Waals surface area contributed by atoms with Crippen LogP contribution in [0, 0.1) is 23.7 Å². The highest BCUT2D eigenvalue weighted by molar-refractivity contribution is 5.97. The Morgan fingerprint density at radius 3 is 2.06 bits per heavy atom. The first-order valence-corrected chi connectivity index (χ1v) is 24.6. The van der Waals surface area contributed by atoms with Crippen molar-refractivity contribution in [3.05, 3.63) is 0 Å². The van der Waals surface area contributed by atoms with E-state index in [0.29, 0.717) is 51.6 Å². The number of unbranched alkanes of at least 4 members (excludes halogenated alkanes) is 3. The Bertz CT molecular complexity index is 1760. The number of primary amides is 1. The average Bonchev–Trinajstić information content (AvgIpc) is 3.96. The largest absolute Gasteiger partial charge is 0.481 e. The summed E-state index contributed by atoms with van der Waals surface area (Å²) in [6.45, 7) is 7.65. The molecule has 0 aliphatic carbocycles. The summed E-state index contributed by atoms with van der Waals surface area (Å²) in [5, 5.41) is 30.1. The maximum atomic E-state index is 13.6. The van der Waals surface area contributed by atoms with Crippen molar-refractivity contribution in [3.63, 3.8) is 0 Å². The van der Waals surface area contributed by atoms with Gasteiger partial charge >= 0.3 is 5.97 Å². The van der Waals surface area contributed by atoms with Crippen molar-refractivity contribution in [3.8, 4) is 0 Å². The fourth-order valence-corrected chi connectivity index (χ4v) is 8.75. The highest BCUT2D eigenvalue weighted by Crippen LogP contribution is 2.25. The van der Waals surface area contributed by atoms with Crippen LogP contribution in [0.5, 0.6) is 0 Å². The maximum Gasteiger partial charge on any atom is 0.306 e. The predicted octanol–water partition coefficient (Wildman–Crippen LogP) is 1.34. The van der Waals surface area contributed by atoms with Crippen molar-refractivity contribution >= 4 is 64.4 Å². The molecule has 0 aromatic heterocycles. The van der Waals surface area contributed by atoms with E-state index in [1.807, 2.05) is 20.8 Å². The van der Waals surface area contributed by atoms with E-state index in [2.05, 4.69) is 21.3 Å². The number of rotatable bonds is 36. The van der Waals surface area contributed by atoms with Gasteiger partial charge in [0.2, 0.25) is 29.5 Å². The molecule has 0 unspecified atom stereocenters. The van der Waals surface area contributed by atoms with Gasteiger partial charge in [0.05, 0.1) is 42.7 Å². The molecule has 0 spiro atoms. The average molecular weight is 962 g/mol. The third-order valence-corrected chi connectivity index (χ3v) is 12.7. The molecule has 0 radical (unpaired) electrons. The lowest BCUT2D eigenvalue weighted by atomic mass is 9.90. The van der Waals surface area contributed by atoms with E-state index in [9.17, 15) is 63.0 Å². The number of Topliss-reactive ketones (excluding diaryl/α,β-unsaturated/α-hetero) is 5. The van der Waals surface area contributed by atoms with Crippen LogP contribution < -0.4 is 32.7 Å². The zero-order chi connectivity index (χ0) is 50.9. The van der Waals surface area contributed by atoms with E-state index >= 15 is 0 Å². The van der Waals surface area contributed by atoms with Crippen LogP contribution in [0.1, 0.15) is 156 Å². The van der Waals surface area contributed by atoms with Crippen LogP contribution in [-0.2, 0) is 52.7 Å². The third-order valence-electron chi connectivity index (χ3n) is 12.7. The van der Waals surface area contributed by atoms with E-state index in [1.54, 1.807) is 0 Å². The fourth-order valence-electron chi connectivity index (χ4n) is 8.75. The van der Waals surface area contributed by atoms with Gasteiger partial charge in [0.1, 0.15) is 5.78 Å². The maximum absolute atomic E-state index is 13.6. The molecule has 68 heavy (non-hydrogen) atoms. The van der Waals surface area contributed by atoms with Crippen molar-refractivity contribution < 1.29 is 63.0 Å². The number of amides is 5. The van der Waals surface area contributed by atoms with E-state index in [1.165, 1.54) is 11.8 Å². The fraction of sp³-hybridized carbons (Fsp3) is 0.771. The number of aliphatic hydroxyl groups is 1. The van der Waals surface area contributed by atoms with Gasteiger partial charge in [0, 0.05) is 76.3 Å². The summed E-state index contributed by atoms with van der Waals surface area (Å²) in [6.07, 6.45) is 2.93. The number of nitrogens with one attached hydrogen (secondary N) is 4. The first-order valence-electron chi connectivity index (χ1n) is 24.6. The van der Waals surface area contributed by atoms with Gasteiger partial charge in [0.15, 0.2) is 23.1 Å². The van der Waals surface area contributed by atoms with E-state index in [0.717, 1.165) is 12.8 Å². The summed E-state index contributed by atoms with van der Waals surface area (Å²) in [5.74, 6) is -8.65. The zero-order valence-corrected chi connectivity index (χ0v) is 40.7. The number of carboxylic acids is 1. The quantitative estimate of drug-likeness (QED) is 0.0411. The first-order chi connectivity index (χ1) is 32.2. The number of hydrogen-bond acceptors (Lipinski definition) is 14. The van der Waals surface area contributed by atoms with Crippen molar-refractivity contribution in [2.24, 2.45) is 35.1 Å². The van der Waals surface area contributed by atoms with Crippen molar-refractivity contribution in [1.82, 2.24) is 26.2 Å². The predicted molar refractivity (Wildman–Crippen MR) is 250 cm³/mol. The summed E-state index contributed by atoms with van der Waals surface area (Å²) in [4.78, 5) is 144. The molecule has 2 aliphatic rings. The number of nitrogens with zero attached hydrogens (tertiary/aromatic N) is 1. The number of β-amino-alcohol motifs (C(OH)–C–C–N with tert-alkyl or cyclic N) is 1. The van der Waals surface area contributed by atoms with Crippen LogP contribution in [0.2, 0.25) is 0 Å². The Hall–Kier alpha value is -4.95. The lowest BCUT2D eigenvalue weighted by molar-refractivity contribution is -0.145. The molecule has 2 aliphatic heterocycles. The molecule has 5 amide bonds. The molecule has 384 valence electrons. The molecular formula is C48H79N7O13. The molecule has 20 heteroatoms. The van der Waals surface area contributed by atoms with Crippen molar-refractivity contribution in [1.29, 1.82) is 0 Å². The Kier molecular flexibility index (Phi) is 27.2. The van der Waals surface area contributed by atoms with Crippen LogP contribution in [0.15, 0.2) is 0 Å². The highest BCUT2D eigenvalue weighted by Gasteiger charge is 2.37. The monoisotopic (exact) mass is 962 g/mol. The third kappa shape index (κ3) is 22.0. The standard InChI is InChI=1S/C48H79N7O13/c1-5-6-7-12-32(48(67)68)25-42(61)38-13-10-21-55(38)45(64)19-16-39(58)30(4)53-47(66)33(22-29(2)3)23-34(56)28-52-46(65)31(11-8-9-20-49)24-41(60)36(14-17-43(50)62)54-44(63)18-15-40(59)37-26-35(57)27-51-37/h29-33,35-38,51,57H,5-28,49H2,1-4H3,(H2,50,62)(H,52,65)(H,53,66)(H,54,63)(H,67,68)/t30-,31+,32+,33+,35+,36-,37-,38-/m0/s1. The number of carboxylic acid groups (broad SMARTS) is 1. The minimum atomic E-state index is -1.19. The minimum absolute atomic E-state index is 0.0326. The second-order valence-corrected chi connectivity index (χ2v) is 19.0. The lowest BCUT2D eigenvalue weighted by Gasteiger charge is -2.25. The number of hydrogen-bond donors (Lipinski definition) is 8. The van der Waals surface area contributed by atoms with Gasteiger partial charge in [-0.2, -0.15) is 0 Å². The molecule has 2 fully saturated rings. The molecule has 0 saturated carbocycles. The Labute approximate surface area is 400 Å². The van der Waals surface area contributed by atoms with E-state index in [4.69, 9.17) is 11.5 Å². The van der Waals surface area contributed by atoms with Gasteiger partial charge in [-0.3, -0.25) is 52.7 Å². The number of nitrogens with two attached hydrogens (primary N) is 2. The number of likely N-dealkylation sites (tertiary alicyclic amines) is 1. The zero-order valence-electron chi connectivity index (χ0n) is 40.7. The molecule has 0 aromatic rings. The van der Waals surface area contributed by atoms with Gasteiger partial charge in [0.25, 0.3) is 0 Å². The van der Waals surface area contributed by atoms with Crippen LogP contribution in [0.3, 0.4) is 0 Å². The molecular weight excluding hydrogens is 883 g/mol. The number of carbonyl (C=O) groups excluding carboxylic acids is 10. The van der Waals surface area contributed by atoms with Gasteiger partial charge in [-0.15, -0.1) is 0 Å². The van der Waals surface area contributed by atoms with Gasteiger partial charge < -0.3 is 47.8 Å². The molecule has 0 bridgehead atoms. The Balaban J connectivity index is 1.99. The molecule has 8 atom stereocenters. The number of carbonyl (C=O) groups is 11. The summed E-state index contributed by atoms with van der Waals surface area (Å²) < 4.78 is 0. The molecule has 2 heterocycles. The van der Waals surface area contributed by atoms with E-state index < -0.39 is 107 Å². The van der Waals surface area contributed by atoms with Crippen molar-refractivity contribution in [2.75, 3.05) is 26.2 Å². The second kappa shape index (κ2) is 31.2. The number of ketones is 5. The van der Waals surface area contributed by atoms with Crippen LogP contribution in [0.4, 0.5) is 0 Å². The van der Waals surface area contributed by atoms with Crippen LogP contribution in [-0.4, -0.2) is 136 Å². The Morgan fingerprint density at radius 2 is 1.44 bits per heavy atom. The first kappa shape index (κ1) is 59.2. The SMILES string of the molecule is CCCCC[C@H](CC(=O)[C@@H]1CCCN1C(=O)CCC(=O)[C@H](C)NC(=O)[C@@H](CC(=O)CNC(=O)[C@H](CCCCN)CC(=O)[C@H](CCC(N)=O)NC(=O)CCC(=O)[C@@H]1C[C@@H](O)CN1)CC(C)C)C(=O)O. The summed E-state index contributed by atoms with van der Waals surface area (Å²) in [7, 11) is 0. The molecule has 10 N–H and O–H groups in total. The van der Waals surface area contributed by atoms with E-state index in [-0.39, 0.29) is 101 Å². The number of aliphatic hydroxyl groups excluding tert-OH is 1. The highest BCUT2D eigenvalue weighted by atomic mass is 16.4. The second-order valence-electron chi connectivity index (χ2n) is 19.0. The molecule has 0 aromatic carbocycles. The van der Waals surface area contributed by atoms with Crippen molar-refractivity contribution in [2.45, 2.75) is 186 Å². The molecule has 2 saturated heterocycles. The smallest absolute Gasteiger partial charge is 0.306 e. The molecule has 20 nitrogen and oxygen atoms in total. The number of aliphatic carboxylic acids is 1. The minimum Gasteiger partial charge on any atom is -0.481 e. The van der Waals surface area contributed by atoms with Crippen LogP contribution >= 0.6 is 0 Å². The topological polar surface area (TPSA) is 332 Å². The lowest BCUT2D eigenvalue weighted by Crippen LogP contribution is -2.45. The molecule has 2 rings (SSSR count). The normalized spacial score (nSPS) is 19.0.